The van der Waals surface area contributed by atoms with Gasteiger partial charge in [0.25, 0.3) is 0 Å². The van der Waals surface area contributed by atoms with Gasteiger partial charge in [0.05, 0.1) is 0 Å². The van der Waals surface area contributed by atoms with E-state index < -0.39 is 0 Å². The average molecular weight is 367 g/mol. The number of carbonyl (C=O) groups excluding carboxylic acids is 1. The summed E-state index contributed by atoms with van der Waals surface area (Å²) in [6, 6.07) is 9.84. The molecule has 3 nitrogen and oxygen atoms in total. The molecule has 1 unspecified atom stereocenters. The molecule has 2 rings (SSSR count). The van der Waals surface area contributed by atoms with Crippen LogP contribution in [0.25, 0.3) is 0 Å². The fourth-order valence-corrected chi connectivity index (χ4v) is 2.92. The zero-order valence-corrected chi connectivity index (χ0v) is 14.6. The number of aryl methyl sites for hydroxylation is 1. The van der Waals surface area contributed by atoms with Crippen LogP contribution in [0.4, 0.5) is 5.69 Å². The molecule has 1 aromatic carbocycles. The van der Waals surface area contributed by atoms with Gasteiger partial charge >= 0.3 is 0 Å². The molecule has 0 aliphatic rings. The highest BCUT2D eigenvalue weighted by atomic mass is 79.9. The van der Waals surface area contributed by atoms with Crippen LogP contribution in [0.5, 0.6) is 0 Å². The summed E-state index contributed by atoms with van der Waals surface area (Å²) in [6.07, 6.45) is 0.882. The molecule has 0 saturated carbocycles. The van der Waals surface area contributed by atoms with E-state index in [1.165, 1.54) is 4.88 Å². The number of anilines is 1. The van der Waals surface area contributed by atoms with E-state index >= 15 is 0 Å². The van der Waals surface area contributed by atoms with Gasteiger partial charge < -0.3 is 10.6 Å². The Morgan fingerprint density at radius 3 is 2.86 bits per heavy atom. The number of amides is 1. The molecule has 0 aliphatic carbocycles. The van der Waals surface area contributed by atoms with Crippen LogP contribution in [0.15, 0.2) is 40.2 Å². The molecule has 1 atom stereocenters. The van der Waals surface area contributed by atoms with Gasteiger partial charge in [-0.1, -0.05) is 22.0 Å². The topological polar surface area (TPSA) is 41.1 Å². The Morgan fingerprint density at radius 2 is 2.19 bits per heavy atom. The van der Waals surface area contributed by atoms with Crippen molar-refractivity contribution in [3.63, 3.8) is 0 Å². The number of halogens is 1. The Kier molecular flexibility index (Phi) is 5.82. The van der Waals surface area contributed by atoms with E-state index in [1.54, 1.807) is 11.3 Å². The van der Waals surface area contributed by atoms with Crippen LogP contribution in [0.3, 0.4) is 0 Å². The maximum Gasteiger partial charge on any atom is 0.242 e. The van der Waals surface area contributed by atoms with E-state index in [-0.39, 0.29) is 11.9 Å². The van der Waals surface area contributed by atoms with Gasteiger partial charge in [-0.25, -0.2) is 0 Å². The van der Waals surface area contributed by atoms with E-state index in [4.69, 9.17) is 0 Å². The van der Waals surface area contributed by atoms with E-state index in [2.05, 4.69) is 38.0 Å². The first-order valence-electron chi connectivity index (χ1n) is 6.89. The minimum atomic E-state index is -0.256. The van der Waals surface area contributed by atoms with Crippen molar-refractivity contribution in [1.82, 2.24) is 5.32 Å². The van der Waals surface area contributed by atoms with Crippen LogP contribution < -0.4 is 10.6 Å². The number of thiophene rings is 1. The summed E-state index contributed by atoms with van der Waals surface area (Å²) in [5, 5.41) is 8.24. The Morgan fingerprint density at radius 1 is 1.38 bits per heavy atom. The molecule has 0 fully saturated rings. The SMILES string of the molecule is Cc1cc(NC(C)C(=O)NCCc2cccs2)ccc1Br. The second-order valence-corrected chi connectivity index (χ2v) is 6.84. The van der Waals surface area contributed by atoms with E-state index in [0.717, 1.165) is 22.1 Å². The lowest BCUT2D eigenvalue weighted by atomic mass is 10.2. The van der Waals surface area contributed by atoms with Gasteiger partial charge in [-0.15, -0.1) is 11.3 Å². The van der Waals surface area contributed by atoms with Crippen molar-refractivity contribution in [3.8, 4) is 0 Å². The molecule has 0 aliphatic heterocycles. The highest BCUT2D eigenvalue weighted by Crippen LogP contribution is 2.20. The van der Waals surface area contributed by atoms with Crippen molar-refractivity contribution in [3.05, 3.63) is 50.6 Å². The molecule has 0 saturated heterocycles. The van der Waals surface area contributed by atoms with Crippen LogP contribution in [-0.2, 0) is 11.2 Å². The normalized spacial score (nSPS) is 12.0. The third-order valence-corrected chi connectivity index (χ3v) is 5.01. The summed E-state index contributed by atoms with van der Waals surface area (Å²) in [7, 11) is 0. The Hall–Kier alpha value is -1.33. The zero-order chi connectivity index (χ0) is 15.2. The van der Waals surface area contributed by atoms with Gasteiger partial charge in [0.1, 0.15) is 6.04 Å². The number of benzene rings is 1. The van der Waals surface area contributed by atoms with Crippen LogP contribution >= 0.6 is 27.3 Å². The van der Waals surface area contributed by atoms with Crippen LogP contribution in [0.2, 0.25) is 0 Å². The van der Waals surface area contributed by atoms with Crippen molar-refractivity contribution < 1.29 is 4.79 Å². The molecule has 21 heavy (non-hydrogen) atoms. The van der Waals surface area contributed by atoms with Gasteiger partial charge in [-0.05, 0) is 55.5 Å². The van der Waals surface area contributed by atoms with Gasteiger partial charge in [0, 0.05) is 21.6 Å². The first kappa shape index (κ1) is 16.0. The molecule has 0 spiro atoms. The third kappa shape index (κ3) is 4.86. The molecule has 1 heterocycles. The molecule has 1 amide bonds. The monoisotopic (exact) mass is 366 g/mol. The molecule has 0 bridgehead atoms. The Balaban J connectivity index is 1.80. The zero-order valence-electron chi connectivity index (χ0n) is 12.2. The minimum absolute atomic E-state index is 0.0205. The van der Waals surface area contributed by atoms with Gasteiger partial charge in [0.15, 0.2) is 0 Å². The lowest BCUT2D eigenvalue weighted by molar-refractivity contribution is -0.121. The summed E-state index contributed by atoms with van der Waals surface area (Å²) in [4.78, 5) is 13.3. The van der Waals surface area contributed by atoms with Crippen LogP contribution in [0.1, 0.15) is 17.4 Å². The molecular weight excluding hydrogens is 348 g/mol. The van der Waals surface area contributed by atoms with Crippen molar-refractivity contribution in [2.24, 2.45) is 0 Å². The number of hydrogen-bond donors (Lipinski definition) is 2. The highest BCUT2D eigenvalue weighted by molar-refractivity contribution is 9.10. The number of rotatable bonds is 6. The van der Waals surface area contributed by atoms with Crippen molar-refractivity contribution in [1.29, 1.82) is 0 Å². The summed E-state index contributed by atoms with van der Waals surface area (Å²) in [6.45, 7) is 4.57. The standard InChI is InChI=1S/C16H19BrN2OS/c1-11-10-13(5-6-15(11)17)19-12(2)16(20)18-8-7-14-4-3-9-21-14/h3-6,9-10,12,19H,7-8H2,1-2H3,(H,18,20). The summed E-state index contributed by atoms with van der Waals surface area (Å²) in [5.41, 5.74) is 2.10. The first-order valence-corrected chi connectivity index (χ1v) is 8.56. The molecular formula is C16H19BrN2OS. The van der Waals surface area contributed by atoms with Gasteiger partial charge in [-0.2, -0.15) is 0 Å². The van der Waals surface area contributed by atoms with Gasteiger partial charge in [-0.3, -0.25) is 4.79 Å². The van der Waals surface area contributed by atoms with E-state index in [1.807, 2.05) is 38.1 Å². The summed E-state index contributed by atoms with van der Waals surface area (Å²) >= 11 is 5.19. The fraction of sp³-hybridized carbons (Fsp3) is 0.312. The van der Waals surface area contributed by atoms with Crippen molar-refractivity contribution >= 4 is 38.9 Å². The van der Waals surface area contributed by atoms with Crippen LogP contribution in [0, 0.1) is 6.92 Å². The quantitative estimate of drug-likeness (QED) is 0.811. The predicted octanol–water partition coefficient (Wildman–Crippen LogP) is 3.98. The lowest BCUT2D eigenvalue weighted by Crippen LogP contribution is -2.38. The molecule has 5 heteroatoms. The Labute approximate surface area is 137 Å². The van der Waals surface area contributed by atoms with Crippen molar-refractivity contribution in [2.45, 2.75) is 26.3 Å². The summed E-state index contributed by atoms with van der Waals surface area (Å²) < 4.78 is 1.07. The largest absolute Gasteiger partial charge is 0.374 e. The smallest absolute Gasteiger partial charge is 0.242 e. The predicted molar refractivity (Wildman–Crippen MR) is 93.0 cm³/mol. The highest BCUT2D eigenvalue weighted by Gasteiger charge is 2.12. The molecule has 2 aromatic rings. The summed E-state index contributed by atoms with van der Waals surface area (Å²) in [5.74, 6) is 0.0205. The second kappa shape index (κ2) is 7.61. The lowest BCUT2D eigenvalue weighted by Gasteiger charge is -2.16. The van der Waals surface area contributed by atoms with E-state index in [0.29, 0.717) is 6.54 Å². The number of nitrogens with one attached hydrogen (secondary N) is 2. The molecule has 112 valence electrons. The third-order valence-electron chi connectivity index (χ3n) is 3.19. The maximum absolute atomic E-state index is 12.0. The van der Waals surface area contributed by atoms with Crippen LogP contribution in [-0.4, -0.2) is 18.5 Å². The van der Waals surface area contributed by atoms with Crippen molar-refractivity contribution in [2.75, 3.05) is 11.9 Å². The minimum Gasteiger partial charge on any atom is -0.374 e. The molecule has 1 aromatic heterocycles. The molecule has 2 N–H and O–H groups in total. The maximum atomic E-state index is 12.0. The first-order chi connectivity index (χ1) is 10.1. The molecule has 0 radical (unpaired) electrons. The number of carbonyl (C=O) groups is 1. The number of hydrogen-bond acceptors (Lipinski definition) is 3. The average Bonchev–Trinajstić information content (AvgIpc) is 2.96. The fourth-order valence-electron chi connectivity index (χ4n) is 1.97. The van der Waals surface area contributed by atoms with E-state index in [9.17, 15) is 4.79 Å². The van der Waals surface area contributed by atoms with Gasteiger partial charge in [0.2, 0.25) is 5.91 Å². The Bertz CT molecular complexity index is 598. The second-order valence-electron chi connectivity index (χ2n) is 4.95.